The second-order valence-corrected chi connectivity index (χ2v) is 8.35. The van der Waals surface area contributed by atoms with E-state index in [-0.39, 0.29) is 12.1 Å². The molecule has 0 radical (unpaired) electrons. The first kappa shape index (κ1) is 21.6. The lowest BCUT2D eigenvalue weighted by atomic mass is 10.1. The molecule has 1 aromatic rings. The molecule has 0 aliphatic heterocycles. The highest BCUT2D eigenvalue weighted by molar-refractivity contribution is 6.60. The molecule has 6 nitrogen and oxygen atoms in total. The molecule has 0 aliphatic carbocycles. The van der Waals surface area contributed by atoms with Gasteiger partial charge in [-0.1, -0.05) is 30.3 Å². The number of hydrogen-bond acceptors (Lipinski definition) is 4. The quantitative estimate of drug-likeness (QED) is 0.438. The van der Waals surface area contributed by atoms with Gasteiger partial charge in [0, 0.05) is 32.4 Å². The lowest BCUT2D eigenvalue weighted by molar-refractivity contribution is 0.0708. The van der Waals surface area contributed by atoms with Crippen LogP contribution in [0.25, 0.3) is 0 Å². The average molecular weight is 369 g/mol. The second kappa shape index (κ2) is 12.0. The Hall–Kier alpha value is -1.41. The summed E-state index contributed by atoms with van der Waals surface area (Å²) in [6.45, 7) is 10.0. The third-order valence-corrected chi connectivity index (χ3v) is 6.84. The van der Waals surface area contributed by atoms with Gasteiger partial charge in [-0.3, -0.25) is 0 Å². The van der Waals surface area contributed by atoms with E-state index in [4.69, 9.17) is 13.3 Å². The zero-order valence-electron chi connectivity index (χ0n) is 15.8. The standard InChI is InChI=1S/C18H32N2O4Si/c1-5-22-25(23-6-2,24-7-3)15-11-14-19-18(21)20-16(4)17-12-9-8-10-13-17/h8-10,12-13,16H,5-7,11,14-15H2,1-4H3,(H2,19,20,21). The summed E-state index contributed by atoms with van der Waals surface area (Å²) in [5.41, 5.74) is 1.08. The van der Waals surface area contributed by atoms with Crippen LogP contribution in [-0.2, 0) is 13.3 Å². The largest absolute Gasteiger partial charge is 0.500 e. The first-order valence-corrected chi connectivity index (χ1v) is 11.0. The molecule has 1 aromatic carbocycles. The van der Waals surface area contributed by atoms with Crippen molar-refractivity contribution in [3.05, 3.63) is 35.9 Å². The first-order valence-electron chi connectivity index (χ1n) is 9.08. The average Bonchev–Trinajstić information content (AvgIpc) is 2.60. The van der Waals surface area contributed by atoms with Gasteiger partial charge < -0.3 is 23.9 Å². The van der Waals surface area contributed by atoms with Crippen molar-refractivity contribution in [1.29, 1.82) is 0 Å². The SMILES string of the molecule is CCO[Si](CCCNC(=O)NC(C)c1ccccc1)(OCC)OCC. The molecule has 0 aromatic heterocycles. The van der Waals surface area contributed by atoms with Gasteiger partial charge in [-0.15, -0.1) is 0 Å². The Kier molecular flexibility index (Phi) is 10.4. The van der Waals surface area contributed by atoms with Crippen LogP contribution in [0.5, 0.6) is 0 Å². The Morgan fingerprint density at radius 3 is 2.12 bits per heavy atom. The van der Waals surface area contributed by atoms with Crippen molar-refractivity contribution in [2.45, 2.75) is 46.2 Å². The van der Waals surface area contributed by atoms with Gasteiger partial charge in [-0.05, 0) is 39.7 Å². The number of hydrogen-bond donors (Lipinski definition) is 2. The summed E-state index contributed by atoms with van der Waals surface area (Å²) in [6, 6.07) is 10.4. The van der Waals surface area contributed by atoms with Gasteiger partial charge in [-0.25, -0.2) is 4.79 Å². The molecule has 1 rings (SSSR count). The maximum atomic E-state index is 12.0. The fourth-order valence-electron chi connectivity index (χ4n) is 2.58. The molecule has 0 saturated carbocycles. The minimum atomic E-state index is -2.62. The molecule has 142 valence electrons. The molecule has 7 heteroatoms. The number of carbonyl (C=O) groups excluding carboxylic acids is 1. The van der Waals surface area contributed by atoms with Gasteiger partial charge in [0.1, 0.15) is 0 Å². The number of rotatable bonds is 12. The van der Waals surface area contributed by atoms with E-state index in [2.05, 4.69) is 10.6 Å². The maximum Gasteiger partial charge on any atom is 0.500 e. The molecule has 2 N–H and O–H groups in total. The van der Waals surface area contributed by atoms with Gasteiger partial charge in [0.15, 0.2) is 0 Å². The Labute approximate surface area is 152 Å². The van der Waals surface area contributed by atoms with E-state index < -0.39 is 8.80 Å². The topological polar surface area (TPSA) is 68.8 Å². The van der Waals surface area contributed by atoms with Gasteiger partial charge in [0.05, 0.1) is 6.04 Å². The predicted octanol–water partition coefficient (Wildman–Crippen LogP) is 3.49. The van der Waals surface area contributed by atoms with Crippen molar-refractivity contribution in [2.75, 3.05) is 26.4 Å². The third-order valence-electron chi connectivity index (χ3n) is 3.69. The smallest absolute Gasteiger partial charge is 0.374 e. The number of benzene rings is 1. The number of urea groups is 1. The molecule has 0 fully saturated rings. The van der Waals surface area contributed by atoms with Crippen molar-refractivity contribution < 1.29 is 18.1 Å². The maximum absolute atomic E-state index is 12.0. The molecule has 0 aliphatic rings. The van der Waals surface area contributed by atoms with Crippen molar-refractivity contribution in [3.63, 3.8) is 0 Å². The van der Waals surface area contributed by atoms with Crippen molar-refractivity contribution >= 4 is 14.8 Å². The van der Waals surface area contributed by atoms with Crippen molar-refractivity contribution in [1.82, 2.24) is 10.6 Å². The summed E-state index contributed by atoms with van der Waals surface area (Å²) < 4.78 is 17.4. The number of amides is 2. The molecule has 0 bridgehead atoms. The number of carbonyl (C=O) groups is 1. The molecule has 0 saturated heterocycles. The van der Waals surface area contributed by atoms with Crippen LogP contribution in [0.1, 0.15) is 45.7 Å². The van der Waals surface area contributed by atoms with E-state index in [1.165, 1.54) is 0 Å². The Morgan fingerprint density at radius 2 is 1.60 bits per heavy atom. The van der Waals surface area contributed by atoms with Crippen LogP contribution in [0, 0.1) is 0 Å². The van der Waals surface area contributed by atoms with Crippen LogP contribution in [0.2, 0.25) is 6.04 Å². The minimum absolute atomic E-state index is 0.0371. The van der Waals surface area contributed by atoms with Crippen LogP contribution in [0.4, 0.5) is 4.79 Å². The minimum Gasteiger partial charge on any atom is -0.374 e. The second-order valence-electron chi connectivity index (χ2n) is 5.62. The molecule has 2 amide bonds. The van der Waals surface area contributed by atoms with Crippen LogP contribution in [0.3, 0.4) is 0 Å². The Balaban J connectivity index is 2.38. The highest BCUT2D eigenvalue weighted by Gasteiger charge is 2.39. The summed E-state index contributed by atoms with van der Waals surface area (Å²) in [4.78, 5) is 12.0. The van der Waals surface area contributed by atoms with Gasteiger partial charge in [0.25, 0.3) is 0 Å². The van der Waals surface area contributed by atoms with Crippen LogP contribution >= 0.6 is 0 Å². The monoisotopic (exact) mass is 368 g/mol. The Bertz CT molecular complexity index is 470. The van der Waals surface area contributed by atoms with Crippen LogP contribution < -0.4 is 10.6 Å². The van der Waals surface area contributed by atoms with Gasteiger partial charge in [-0.2, -0.15) is 0 Å². The van der Waals surface area contributed by atoms with E-state index in [0.717, 1.165) is 12.0 Å². The van der Waals surface area contributed by atoms with E-state index in [1.807, 2.05) is 58.0 Å². The predicted molar refractivity (Wildman–Crippen MR) is 101 cm³/mol. The molecule has 0 spiro atoms. The summed E-state index contributed by atoms with van der Waals surface area (Å²) in [6.07, 6.45) is 0.749. The van der Waals surface area contributed by atoms with E-state index in [0.29, 0.717) is 32.4 Å². The lowest BCUT2D eigenvalue weighted by Gasteiger charge is -2.28. The fraction of sp³-hybridized carbons (Fsp3) is 0.611. The highest BCUT2D eigenvalue weighted by atomic mass is 28.4. The number of nitrogens with one attached hydrogen (secondary N) is 2. The molecule has 1 atom stereocenters. The van der Waals surface area contributed by atoms with Crippen LogP contribution in [0.15, 0.2) is 30.3 Å². The first-order chi connectivity index (χ1) is 12.1. The summed E-state index contributed by atoms with van der Waals surface area (Å²) in [5, 5.41) is 5.82. The normalized spacial score (nSPS) is 12.6. The molecule has 25 heavy (non-hydrogen) atoms. The summed E-state index contributed by atoms with van der Waals surface area (Å²) >= 11 is 0. The molecule has 1 unspecified atom stereocenters. The van der Waals surface area contributed by atoms with Crippen molar-refractivity contribution in [3.8, 4) is 0 Å². The van der Waals surface area contributed by atoms with Gasteiger partial charge >= 0.3 is 14.8 Å². The van der Waals surface area contributed by atoms with Crippen LogP contribution in [-0.4, -0.2) is 41.2 Å². The zero-order valence-corrected chi connectivity index (χ0v) is 16.8. The van der Waals surface area contributed by atoms with E-state index in [1.54, 1.807) is 0 Å². The van der Waals surface area contributed by atoms with Crippen molar-refractivity contribution in [2.24, 2.45) is 0 Å². The van der Waals surface area contributed by atoms with E-state index in [9.17, 15) is 4.79 Å². The lowest BCUT2D eigenvalue weighted by Crippen LogP contribution is -2.46. The Morgan fingerprint density at radius 1 is 1.04 bits per heavy atom. The fourth-order valence-corrected chi connectivity index (χ4v) is 5.19. The van der Waals surface area contributed by atoms with E-state index >= 15 is 0 Å². The summed E-state index contributed by atoms with van der Waals surface area (Å²) in [7, 11) is -2.62. The molecule has 0 heterocycles. The third kappa shape index (κ3) is 8.00. The molecular weight excluding hydrogens is 336 g/mol. The summed E-state index contributed by atoms with van der Waals surface area (Å²) in [5.74, 6) is 0. The highest BCUT2D eigenvalue weighted by Crippen LogP contribution is 2.17. The molecular formula is C18H32N2O4Si. The zero-order chi connectivity index (χ0) is 18.5. The van der Waals surface area contributed by atoms with Gasteiger partial charge in [0.2, 0.25) is 0 Å².